The van der Waals surface area contributed by atoms with Crippen molar-refractivity contribution in [2.45, 2.75) is 19.4 Å². The summed E-state index contributed by atoms with van der Waals surface area (Å²) in [6.07, 6.45) is 3.03. The maximum atomic E-state index is 12.5. The second kappa shape index (κ2) is 10.5. The maximum Gasteiger partial charge on any atom is 0.269 e. The second-order valence-corrected chi connectivity index (χ2v) is 7.32. The third kappa shape index (κ3) is 6.02. The van der Waals surface area contributed by atoms with Crippen molar-refractivity contribution in [1.82, 2.24) is 10.3 Å². The number of hydrogen-bond donors (Lipinski definition) is 1. The van der Waals surface area contributed by atoms with Gasteiger partial charge in [-0.15, -0.1) is 0 Å². The van der Waals surface area contributed by atoms with Gasteiger partial charge in [-0.25, -0.2) is 5.43 Å². The Hall–Kier alpha value is -3.46. The second-order valence-electron chi connectivity index (χ2n) is 7.32. The molecule has 0 aromatic heterocycles. The van der Waals surface area contributed by atoms with Crippen molar-refractivity contribution in [3.63, 3.8) is 0 Å². The van der Waals surface area contributed by atoms with Gasteiger partial charge in [-0.1, -0.05) is 12.1 Å². The van der Waals surface area contributed by atoms with Crippen LogP contribution in [0.4, 0.5) is 5.69 Å². The lowest BCUT2D eigenvalue weighted by Gasteiger charge is -2.30. The largest absolute Gasteiger partial charge is 0.497 e. The van der Waals surface area contributed by atoms with E-state index in [1.54, 1.807) is 44.7 Å². The van der Waals surface area contributed by atoms with Gasteiger partial charge in [0, 0.05) is 36.2 Å². The molecule has 0 atom stereocenters. The molecular weight excluding hydrogens is 400 g/mol. The highest BCUT2D eigenvalue weighted by Gasteiger charge is 2.24. The van der Waals surface area contributed by atoms with Crippen LogP contribution in [0.2, 0.25) is 0 Å². The number of likely N-dealkylation sites (tertiary alicyclic amines) is 1. The lowest BCUT2D eigenvalue weighted by molar-refractivity contribution is -0.384. The van der Waals surface area contributed by atoms with Crippen molar-refractivity contribution >= 4 is 17.8 Å². The standard InChI is InChI=1S/C22H26N4O5/c1-30-20-8-5-18(21(13-20)31-2)14-23-24-22(27)17-9-11-25(12-10-17)15-16-3-6-19(7-4-16)26(28)29/h3-8,13-14,17H,9-12,15H2,1-2H3,(H,24,27). The van der Waals surface area contributed by atoms with Crippen LogP contribution in [0, 0.1) is 16.0 Å². The van der Waals surface area contributed by atoms with Crippen molar-refractivity contribution < 1.29 is 19.2 Å². The molecular formula is C22H26N4O5. The van der Waals surface area contributed by atoms with Gasteiger partial charge in [0.2, 0.25) is 5.91 Å². The molecule has 3 rings (SSSR count). The van der Waals surface area contributed by atoms with Gasteiger partial charge in [-0.05, 0) is 43.6 Å². The van der Waals surface area contributed by atoms with Crippen LogP contribution in [0.25, 0.3) is 0 Å². The van der Waals surface area contributed by atoms with Gasteiger partial charge in [0.15, 0.2) is 0 Å². The molecule has 0 aliphatic carbocycles. The molecule has 0 saturated carbocycles. The van der Waals surface area contributed by atoms with E-state index >= 15 is 0 Å². The third-order valence-electron chi connectivity index (χ3n) is 5.33. The van der Waals surface area contributed by atoms with Crippen LogP contribution < -0.4 is 14.9 Å². The average molecular weight is 426 g/mol. The Morgan fingerprint density at radius 1 is 1.19 bits per heavy atom. The minimum absolute atomic E-state index is 0.0898. The monoisotopic (exact) mass is 426 g/mol. The summed E-state index contributed by atoms with van der Waals surface area (Å²) >= 11 is 0. The number of amides is 1. The summed E-state index contributed by atoms with van der Waals surface area (Å²) < 4.78 is 10.5. The highest BCUT2D eigenvalue weighted by Crippen LogP contribution is 2.23. The number of nitrogens with one attached hydrogen (secondary N) is 1. The number of carbonyl (C=O) groups is 1. The lowest BCUT2D eigenvalue weighted by atomic mass is 9.96. The predicted molar refractivity (Wildman–Crippen MR) is 116 cm³/mol. The van der Waals surface area contributed by atoms with Crippen LogP contribution in [-0.2, 0) is 11.3 Å². The molecule has 1 heterocycles. The van der Waals surface area contributed by atoms with Crippen LogP contribution in [0.3, 0.4) is 0 Å². The zero-order chi connectivity index (χ0) is 22.2. The molecule has 9 nitrogen and oxygen atoms in total. The molecule has 0 bridgehead atoms. The first kappa shape index (κ1) is 22.2. The third-order valence-corrected chi connectivity index (χ3v) is 5.33. The number of nitro groups is 1. The van der Waals surface area contributed by atoms with E-state index in [1.807, 2.05) is 6.07 Å². The quantitative estimate of drug-likeness (QED) is 0.395. The number of carbonyl (C=O) groups excluding carboxylic acids is 1. The molecule has 2 aromatic carbocycles. The first-order chi connectivity index (χ1) is 15.0. The van der Waals surface area contributed by atoms with E-state index in [0.717, 1.165) is 37.1 Å². The molecule has 9 heteroatoms. The Kier molecular flexibility index (Phi) is 7.55. The Balaban J connectivity index is 1.47. The zero-order valence-electron chi connectivity index (χ0n) is 17.6. The summed E-state index contributed by atoms with van der Waals surface area (Å²) in [7, 11) is 3.15. The van der Waals surface area contributed by atoms with Gasteiger partial charge < -0.3 is 9.47 Å². The lowest BCUT2D eigenvalue weighted by Crippen LogP contribution is -2.39. The van der Waals surface area contributed by atoms with Crippen molar-refractivity contribution in [2.75, 3.05) is 27.3 Å². The number of benzene rings is 2. The molecule has 1 aliphatic rings. The summed E-state index contributed by atoms with van der Waals surface area (Å²) in [6, 6.07) is 12.0. The van der Waals surface area contributed by atoms with Gasteiger partial charge >= 0.3 is 0 Å². The topological polar surface area (TPSA) is 106 Å². The van der Waals surface area contributed by atoms with E-state index in [2.05, 4.69) is 15.4 Å². The molecule has 1 saturated heterocycles. The summed E-state index contributed by atoms with van der Waals surface area (Å²) in [4.78, 5) is 25.0. The molecule has 0 unspecified atom stereocenters. The van der Waals surface area contributed by atoms with Gasteiger partial charge in [-0.3, -0.25) is 19.8 Å². The molecule has 164 valence electrons. The van der Waals surface area contributed by atoms with Crippen LogP contribution in [0.1, 0.15) is 24.0 Å². The number of nitrogens with zero attached hydrogens (tertiary/aromatic N) is 3. The normalized spacial score (nSPS) is 15.0. The van der Waals surface area contributed by atoms with Crippen LogP contribution in [0.5, 0.6) is 11.5 Å². The number of ether oxygens (including phenoxy) is 2. The molecule has 1 aliphatic heterocycles. The van der Waals surface area contributed by atoms with E-state index in [4.69, 9.17) is 9.47 Å². The van der Waals surface area contributed by atoms with Crippen LogP contribution >= 0.6 is 0 Å². The molecule has 0 spiro atoms. The first-order valence-corrected chi connectivity index (χ1v) is 10.0. The van der Waals surface area contributed by atoms with E-state index in [-0.39, 0.29) is 17.5 Å². The van der Waals surface area contributed by atoms with Crippen LogP contribution in [0.15, 0.2) is 47.6 Å². The molecule has 31 heavy (non-hydrogen) atoms. The Labute approximate surface area is 180 Å². The number of rotatable bonds is 8. The van der Waals surface area contributed by atoms with Gasteiger partial charge in [0.1, 0.15) is 11.5 Å². The average Bonchev–Trinajstić information content (AvgIpc) is 2.80. The fraction of sp³-hybridized carbons (Fsp3) is 0.364. The van der Waals surface area contributed by atoms with E-state index in [9.17, 15) is 14.9 Å². The number of piperidine rings is 1. The zero-order valence-corrected chi connectivity index (χ0v) is 17.6. The minimum atomic E-state index is -0.402. The van der Waals surface area contributed by atoms with Gasteiger partial charge in [0.25, 0.3) is 5.69 Å². The van der Waals surface area contributed by atoms with Gasteiger partial charge in [0.05, 0.1) is 25.4 Å². The number of hydrogen-bond acceptors (Lipinski definition) is 7. The summed E-state index contributed by atoms with van der Waals surface area (Å²) in [6.45, 7) is 2.28. The molecule has 1 amide bonds. The fourth-order valence-corrected chi connectivity index (χ4v) is 3.52. The summed E-state index contributed by atoms with van der Waals surface area (Å²) in [5.41, 5.74) is 4.47. The predicted octanol–water partition coefficient (Wildman–Crippen LogP) is 2.97. The van der Waals surface area contributed by atoms with Gasteiger partial charge in [-0.2, -0.15) is 5.10 Å². The van der Waals surface area contributed by atoms with Crippen molar-refractivity contribution in [3.8, 4) is 11.5 Å². The Bertz CT molecular complexity index is 937. The Morgan fingerprint density at radius 2 is 1.90 bits per heavy atom. The number of nitro benzene ring substituents is 1. The molecule has 1 fully saturated rings. The smallest absolute Gasteiger partial charge is 0.269 e. The fourth-order valence-electron chi connectivity index (χ4n) is 3.52. The number of hydrazone groups is 1. The summed E-state index contributed by atoms with van der Waals surface area (Å²) in [5, 5.41) is 14.8. The summed E-state index contributed by atoms with van der Waals surface area (Å²) in [5.74, 6) is 1.09. The highest BCUT2D eigenvalue weighted by molar-refractivity contribution is 5.86. The number of non-ortho nitro benzene ring substituents is 1. The van der Waals surface area contributed by atoms with Crippen LogP contribution in [-0.4, -0.2) is 49.3 Å². The molecule has 0 radical (unpaired) electrons. The molecule has 1 N–H and O–H groups in total. The maximum absolute atomic E-state index is 12.5. The van der Waals surface area contributed by atoms with E-state index in [1.165, 1.54) is 12.1 Å². The molecule has 2 aromatic rings. The van der Waals surface area contributed by atoms with Crippen molar-refractivity contribution in [1.29, 1.82) is 0 Å². The van der Waals surface area contributed by atoms with E-state index in [0.29, 0.717) is 18.0 Å². The SMILES string of the molecule is COc1ccc(C=NNC(=O)C2CCN(Cc3ccc([N+](=O)[O-])cc3)CC2)c(OC)c1. The Morgan fingerprint density at radius 3 is 2.52 bits per heavy atom. The highest BCUT2D eigenvalue weighted by atomic mass is 16.6. The first-order valence-electron chi connectivity index (χ1n) is 10.0. The minimum Gasteiger partial charge on any atom is -0.497 e. The number of methoxy groups -OCH3 is 2. The van der Waals surface area contributed by atoms with E-state index < -0.39 is 4.92 Å². The van der Waals surface area contributed by atoms with Crippen molar-refractivity contribution in [3.05, 3.63) is 63.7 Å². The van der Waals surface area contributed by atoms with Crippen molar-refractivity contribution in [2.24, 2.45) is 11.0 Å².